The Labute approximate surface area is 82.9 Å². The van der Waals surface area contributed by atoms with Crippen LogP contribution in [0, 0.1) is 0 Å². The molecule has 5 heteroatoms. The van der Waals surface area contributed by atoms with Crippen LogP contribution in [0.4, 0.5) is 0 Å². The summed E-state index contributed by atoms with van der Waals surface area (Å²) in [7, 11) is 3.48. The van der Waals surface area contributed by atoms with E-state index in [1.54, 1.807) is 26.5 Å². The Hall–Kier alpha value is -1.91. The molecule has 0 atom stereocenters. The maximum atomic E-state index is 4.27. The van der Waals surface area contributed by atoms with Gasteiger partial charge in [-0.1, -0.05) is 6.07 Å². The molecule has 0 aliphatic carbocycles. The molecule has 2 N–H and O–H groups in total. The molecule has 74 valence electrons. The van der Waals surface area contributed by atoms with Crippen LogP contribution < -0.4 is 10.9 Å². The molecule has 0 aliphatic rings. The van der Waals surface area contributed by atoms with E-state index in [9.17, 15) is 0 Å². The first-order valence-electron chi connectivity index (χ1n) is 4.23. The number of nitrogens with one attached hydrogen (secondary N) is 2. The normalized spacial score (nSPS) is 11.0. The molecule has 0 saturated carbocycles. The van der Waals surface area contributed by atoms with E-state index >= 15 is 0 Å². The SMILES string of the molecule is CN/N=C/c1cccc(/C=N/NC)n1. The first-order chi connectivity index (χ1) is 6.86. The summed E-state index contributed by atoms with van der Waals surface area (Å²) in [5.41, 5.74) is 6.91. The van der Waals surface area contributed by atoms with E-state index in [1.807, 2.05) is 18.2 Å². The minimum Gasteiger partial charge on any atom is -0.313 e. The summed E-state index contributed by atoms with van der Waals surface area (Å²) in [6.45, 7) is 0. The zero-order chi connectivity index (χ0) is 10.2. The Morgan fingerprint density at radius 2 is 1.57 bits per heavy atom. The van der Waals surface area contributed by atoms with E-state index in [0.717, 1.165) is 11.4 Å². The van der Waals surface area contributed by atoms with Gasteiger partial charge in [-0.2, -0.15) is 10.2 Å². The second kappa shape index (κ2) is 5.69. The Morgan fingerprint density at radius 3 is 2.00 bits per heavy atom. The van der Waals surface area contributed by atoms with Crippen molar-refractivity contribution in [3.63, 3.8) is 0 Å². The first-order valence-corrected chi connectivity index (χ1v) is 4.23. The molecule has 14 heavy (non-hydrogen) atoms. The molecule has 5 nitrogen and oxygen atoms in total. The molecule has 1 heterocycles. The third-order valence-corrected chi connectivity index (χ3v) is 1.44. The minimum absolute atomic E-state index is 0.791. The van der Waals surface area contributed by atoms with Gasteiger partial charge in [0.15, 0.2) is 0 Å². The Morgan fingerprint density at radius 1 is 1.07 bits per heavy atom. The van der Waals surface area contributed by atoms with E-state index in [0.29, 0.717) is 0 Å². The quantitative estimate of drug-likeness (QED) is 0.527. The van der Waals surface area contributed by atoms with Crippen molar-refractivity contribution in [2.45, 2.75) is 0 Å². The fourth-order valence-corrected chi connectivity index (χ4v) is 0.874. The molecule has 0 fully saturated rings. The number of hydrogen-bond acceptors (Lipinski definition) is 5. The van der Waals surface area contributed by atoms with Crippen LogP contribution >= 0.6 is 0 Å². The molecule has 0 amide bonds. The summed E-state index contributed by atoms with van der Waals surface area (Å²) >= 11 is 0. The summed E-state index contributed by atoms with van der Waals surface area (Å²) in [4.78, 5) is 4.27. The van der Waals surface area contributed by atoms with Gasteiger partial charge in [-0.25, -0.2) is 4.98 Å². The molecule has 0 unspecified atom stereocenters. The maximum absolute atomic E-state index is 4.27. The van der Waals surface area contributed by atoms with Crippen LogP contribution in [0.1, 0.15) is 11.4 Å². The predicted molar refractivity (Wildman–Crippen MR) is 57.5 cm³/mol. The van der Waals surface area contributed by atoms with Gasteiger partial charge < -0.3 is 10.9 Å². The minimum atomic E-state index is 0.791. The summed E-state index contributed by atoms with van der Waals surface area (Å²) in [6, 6.07) is 5.65. The van der Waals surface area contributed by atoms with Crippen LogP contribution in [0.15, 0.2) is 28.4 Å². The molecule has 1 aromatic rings. The molecule has 0 aromatic carbocycles. The lowest BCUT2D eigenvalue weighted by Gasteiger charge is -1.94. The van der Waals surface area contributed by atoms with Crippen LogP contribution in [0.25, 0.3) is 0 Å². The topological polar surface area (TPSA) is 61.7 Å². The number of pyridine rings is 1. The van der Waals surface area contributed by atoms with Crippen molar-refractivity contribution in [1.29, 1.82) is 0 Å². The van der Waals surface area contributed by atoms with E-state index in [1.165, 1.54) is 0 Å². The number of rotatable bonds is 4. The second-order valence-corrected chi connectivity index (χ2v) is 2.45. The molecule has 0 radical (unpaired) electrons. The third-order valence-electron chi connectivity index (χ3n) is 1.44. The van der Waals surface area contributed by atoms with Gasteiger partial charge in [0.05, 0.1) is 23.8 Å². The van der Waals surface area contributed by atoms with Crippen molar-refractivity contribution >= 4 is 12.4 Å². The number of hydrogen-bond donors (Lipinski definition) is 2. The standard InChI is InChI=1S/C9H13N5/c1-10-12-6-8-4-3-5-9(14-8)7-13-11-2/h3-7,10-11H,1-2H3/b12-6+,13-7+. The smallest absolute Gasteiger partial charge is 0.0838 e. The predicted octanol–water partition coefficient (Wildman–Crippen LogP) is 0.188. The molecular weight excluding hydrogens is 178 g/mol. The van der Waals surface area contributed by atoms with Crippen LogP contribution in [0.2, 0.25) is 0 Å². The van der Waals surface area contributed by atoms with Crippen molar-refractivity contribution < 1.29 is 0 Å². The van der Waals surface area contributed by atoms with Crippen molar-refractivity contribution in [2.24, 2.45) is 10.2 Å². The summed E-state index contributed by atoms with van der Waals surface area (Å²) in [6.07, 6.45) is 3.30. The van der Waals surface area contributed by atoms with Gasteiger partial charge in [-0.3, -0.25) is 0 Å². The number of nitrogens with zero attached hydrogens (tertiary/aromatic N) is 3. The van der Waals surface area contributed by atoms with E-state index in [-0.39, 0.29) is 0 Å². The zero-order valence-corrected chi connectivity index (χ0v) is 8.23. The average molecular weight is 191 g/mol. The number of hydrazone groups is 2. The lowest BCUT2D eigenvalue weighted by atomic mass is 10.3. The lowest BCUT2D eigenvalue weighted by Crippen LogP contribution is -2.00. The first kappa shape index (κ1) is 10.2. The van der Waals surface area contributed by atoms with E-state index in [4.69, 9.17) is 0 Å². The third kappa shape index (κ3) is 3.22. The second-order valence-electron chi connectivity index (χ2n) is 2.45. The lowest BCUT2D eigenvalue weighted by molar-refractivity contribution is 0.904. The highest BCUT2D eigenvalue weighted by Gasteiger charge is 1.91. The summed E-state index contributed by atoms with van der Waals surface area (Å²) in [5, 5.41) is 7.73. The largest absolute Gasteiger partial charge is 0.313 e. The van der Waals surface area contributed by atoms with Crippen LogP contribution in [0.5, 0.6) is 0 Å². The summed E-state index contributed by atoms with van der Waals surface area (Å²) in [5.74, 6) is 0. The van der Waals surface area contributed by atoms with Crippen molar-refractivity contribution in [3.05, 3.63) is 29.6 Å². The van der Waals surface area contributed by atoms with Gasteiger partial charge in [0.25, 0.3) is 0 Å². The molecule has 0 bridgehead atoms. The monoisotopic (exact) mass is 191 g/mol. The van der Waals surface area contributed by atoms with E-state index < -0.39 is 0 Å². The fourth-order valence-electron chi connectivity index (χ4n) is 0.874. The Kier molecular flexibility index (Phi) is 4.13. The highest BCUT2D eigenvalue weighted by Crippen LogP contribution is 1.94. The molecule has 0 aliphatic heterocycles. The van der Waals surface area contributed by atoms with Crippen molar-refractivity contribution in [2.75, 3.05) is 14.1 Å². The van der Waals surface area contributed by atoms with Crippen molar-refractivity contribution in [1.82, 2.24) is 15.8 Å². The van der Waals surface area contributed by atoms with Crippen LogP contribution in [0.3, 0.4) is 0 Å². The van der Waals surface area contributed by atoms with Gasteiger partial charge in [-0.05, 0) is 12.1 Å². The van der Waals surface area contributed by atoms with Crippen molar-refractivity contribution in [3.8, 4) is 0 Å². The van der Waals surface area contributed by atoms with Gasteiger partial charge in [0.2, 0.25) is 0 Å². The molecule has 0 saturated heterocycles. The fraction of sp³-hybridized carbons (Fsp3) is 0.222. The highest BCUT2D eigenvalue weighted by molar-refractivity contribution is 5.81. The Balaban J connectivity index is 2.78. The van der Waals surface area contributed by atoms with E-state index in [2.05, 4.69) is 26.0 Å². The van der Waals surface area contributed by atoms with Gasteiger partial charge in [-0.15, -0.1) is 0 Å². The molecular formula is C9H13N5. The zero-order valence-electron chi connectivity index (χ0n) is 8.23. The summed E-state index contributed by atoms with van der Waals surface area (Å²) < 4.78 is 0. The Bertz CT molecular complexity index is 302. The average Bonchev–Trinajstić information content (AvgIpc) is 2.24. The van der Waals surface area contributed by atoms with Gasteiger partial charge in [0, 0.05) is 14.1 Å². The van der Waals surface area contributed by atoms with Crippen LogP contribution in [-0.4, -0.2) is 31.5 Å². The molecule has 0 spiro atoms. The van der Waals surface area contributed by atoms with Crippen LogP contribution in [-0.2, 0) is 0 Å². The van der Waals surface area contributed by atoms with Gasteiger partial charge >= 0.3 is 0 Å². The highest BCUT2D eigenvalue weighted by atomic mass is 15.3. The number of aromatic nitrogens is 1. The maximum Gasteiger partial charge on any atom is 0.0838 e. The van der Waals surface area contributed by atoms with Gasteiger partial charge in [0.1, 0.15) is 0 Å². The molecule has 1 rings (SSSR count). The molecule has 1 aromatic heterocycles.